The number of thioether (sulfide) groups is 1. The van der Waals surface area contributed by atoms with E-state index in [1.165, 1.54) is 11.8 Å². The number of amides is 1. The molecule has 1 saturated heterocycles. The number of carbonyl (C=O) groups excluding carboxylic acids is 1. The summed E-state index contributed by atoms with van der Waals surface area (Å²) in [5.74, 6) is 1.99. The summed E-state index contributed by atoms with van der Waals surface area (Å²) in [6.45, 7) is 0.727. The molecule has 0 N–H and O–H groups in total. The first-order chi connectivity index (χ1) is 15.7. The van der Waals surface area contributed by atoms with Crippen molar-refractivity contribution >= 4 is 46.0 Å². The smallest absolute Gasteiger partial charge is 0.270 e. The molecule has 162 valence electrons. The van der Waals surface area contributed by atoms with Crippen molar-refractivity contribution in [3.63, 3.8) is 0 Å². The number of carbonyl (C=O) groups is 1. The zero-order valence-corrected chi connectivity index (χ0v) is 19.0. The van der Waals surface area contributed by atoms with E-state index >= 15 is 0 Å². The van der Waals surface area contributed by atoms with E-state index in [0.29, 0.717) is 33.9 Å². The Balaban J connectivity index is 1.42. The van der Waals surface area contributed by atoms with Gasteiger partial charge in [0.15, 0.2) is 4.32 Å². The van der Waals surface area contributed by atoms with Crippen molar-refractivity contribution in [2.45, 2.75) is 0 Å². The van der Waals surface area contributed by atoms with Crippen molar-refractivity contribution in [3.05, 3.63) is 89.3 Å². The van der Waals surface area contributed by atoms with Crippen LogP contribution in [-0.4, -0.2) is 30.6 Å². The van der Waals surface area contributed by atoms with Gasteiger partial charge in [0.25, 0.3) is 5.91 Å². The number of benzene rings is 3. The summed E-state index contributed by atoms with van der Waals surface area (Å²) in [5, 5.41) is 0. The van der Waals surface area contributed by atoms with Gasteiger partial charge in [0, 0.05) is 11.6 Å². The number of nitrogens with zero attached hydrogens (tertiary/aromatic N) is 1. The highest BCUT2D eigenvalue weighted by Gasteiger charge is 2.33. The zero-order valence-electron chi connectivity index (χ0n) is 17.4. The third-order valence-electron chi connectivity index (χ3n) is 4.66. The summed E-state index contributed by atoms with van der Waals surface area (Å²) in [7, 11) is 1.62. The molecule has 1 fully saturated rings. The molecule has 5 nitrogen and oxygen atoms in total. The molecular weight excluding hydrogens is 442 g/mol. The second-order valence-electron chi connectivity index (χ2n) is 6.77. The van der Waals surface area contributed by atoms with Gasteiger partial charge in [-0.1, -0.05) is 66.4 Å². The highest BCUT2D eigenvalue weighted by molar-refractivity contribution is 8.27. The third-order valence-corrected chi connectivity index (χ3v) is 5.97. The van der Waals surface area contributed by atoms with Gasteiger partial charge in [-0.2, -0.15) is 0 Å². The van der Waals surface area contributed by atoms with E-state index in [9.17, 15) is 4.79 Å². The number of para-hydroxylation sites is 2. The van der Waals surface area contributed by atoms with Gasteiger partial charge in [-0.3, -0.25) is 9.69 Å². The number of methoxy groups -OCH3 is 1. The molecule has 0 aromatic heterocycles. The molecule has 7 heteroatoms. The number of thiocarbonyl (C=S) groups is 1. The molecule has 0 atom stereocenters. The maximum absolute atomic E-state index is 13.0. The Morgan fingerprint density at radius 1 is 0.906 bits per heavy atom. The maximum Gasteiger partial charge on any atom is 0.270 e. The first-order valence-corrected chi connectivity index (χ1v) is 11.2. The minimum absolute atomic E-state index is 0.137. The van der Waals surface area contributed by atoms with Gasteiger partial charge in [-0.15, -0.1) is 0 Å². The minimum Gasteiger partial charge on any atom is -0.497 e. The molecule has 1 aliphatic heterocycles. The molecular formula is C25H21NO4S2. The Labute approximate surface area is 196 Å². The van der Waals surface area contributed by atoms with Crippen molar-refractivity contribution in [3.8, 4) is 17.2 Å². The Morgan fingerprint density at radius 2 is 1.62 bits per heavy atom. The van der Waals surface area contributed by atoms with Crippen LogP contribution in [-0.2, 0) is 4.79 Å². The maximum atomic E-state index is 13.0. The van der Waals surface area contributed by atoms with Crippen molar-refractivity contribution < 1.29 is 19.0 Å². The molecule has 3 aromatic rings. The summed E-state index contributed by atoms with van der Waals surface area (Å²) in [6.07, 6.45) is 1.82. The quantitative estimate of drug-likeness (QED) is 0.248. The number of ether oxygens (including phenoxy) is 3. The Kier molecular flexibility index (Phi) is 7.09. The first-order valence-electron chi connectivity index (χ1n) is 9.97. The van der Waals surface area contributed by atoms with E-state index in [0.717, 1.165) is 17.0 Å². The minimum atomic E-state index is -0.137. The van der Waals surface area contributed by atoms with Crippen LogP contribution in [0.3, 0.4) is 0 Å². The van der Waals surface area contributed by atoms with Gasteiger partial charge >= 0.3 is 0 Å². The molecule has 0 bridgehead atoms. The van der Waals surface area contributed by atoms with E-state index < -0.39 is 0 Å². The second-order valence-corrected chi connectivity index (χ2v) is 8.44. The van der Waals surface area contributed by atoms with Crippen molar-refractivity contribution in [2.24, 2.45) is 0 Å². The highest BCUT2D eigenvalue weighted by Crippen LogP contribution is 2.37. The van der Waals surface area contributed by atoms with Gasteiger partial charge in [0.2, 0.25) is 0 Å². The molecule has 0 radical (unpaired) electrons. The predicted molar refractivity (Wildman–Crippen MR) is 133 cm³/mol. The lowest BCUT2D eigenvalue weighted by Crippen LogP contribution is -2.27. The molecule has 32 heavy (non-hydrogen) atoms. The summed E-state index contributed by atoms with van der Waals surface area (Å²) >= 11 is 6.73. The lowest BCUT2D eigenvalue weighted by molar-refractivity contribution is -0.113. The van der Waals surface area contributed by atoms with E-state index in [1.54, 1.807) is 12.0 Å². The molecule has 1 heterocycles. The largest absolute Gasteiger partial charge is 0.497 e. The zero-order chi connectivity index (χ0) is 22.3. The second kappa shape index (κ2) is 10.3. The number of rotatable bonds is 8. The lowest BCUT2D eigenvalue weighted by Gasteiger charge is -2.14. The molecule has 1 aliphatic rings. The van der Waals surface area contributed by atoms with Crippen LogP contribution in [0.2, 0.25) is 0 Å². The Bertz CT molecular complexity index is 1150. The summed E-state index contributed by atoms with van der Waals surface area (Å²) < 4.78 is 17.4. The normalized spacial score (nSPS) is 14.7. The fourth-order valence-electron chi connectivity index (χ4n) is 3.14. The van der Waals surface area contributed by atoms with Crippen LogP contribution in [0, 0.1) is 0 Å². The van der Waals surface area contributed by atoms with Crippen molar-refractivity contribution in [1.29, 1.82) is 0 Å². The number of anilines is 1. The average Bonchev–Trinajstić information content (AvgIpc) is 3.11. The Morgan fingerprint density at radius 3 is 2.44 bits per heavy atom. The van der Waals surface area contributed by atoms with E-state index in [-0.39, 0.29) is 5.91 Å². The van der Waals surface area contributed by atoms with Gasteiger partial charge in [-0.25, -0.2) is 0 Å². The molecule has 0 spiro atoms. The van der Waals surface area contributed by atoms with Crippen LogP contribution in [0.5, 0.6) is 17.2 Å². The van der Waals surface area contributed by atoms with Crippen molar-refractivity contribution in [2.75, 3.05) is 25.2 Å². The van der Waals surface area contributed by atoms with Crippen molar-refractivity contribution in [1.82, 2.24) is 0 Å². The average molecular weight is 464 g/mol. The topological polar surface area (TPSA) is 48.0 Å². The van der Waals surface area contributed by atoms with Crippen LogP contribution < -0.4 is 19.1 Å². The molecule has 1 amide bonds. The molecule has 0 saturated carbocycles. The van der Waals surface area contributed by atoms with Crippen LogP contribution in [0.25, 0.3) is 6.08 Å². The monoisotopic (exact) mass is 463 g/mol. The fraction of sp³-hybridized carbons (Fsp3) is 0.120. The van der Waals surface area contributed by atoms with E-state index in [4.69, 9.17) is 26.4 Å². The lowest BCUT2D eigenvalue weighted by atomic mass is 10.2. The van der Waals surface area contributed by atoms with Gasteiger partial charge in [-0.05, 0) is 36.4 Å². The van der Waals surface area contributed by atoms with Gasteiger partial charge in [0.1, 0.15) is 30.5 Å². The standard InChI is InChI=1S/C25H21NO4S2/c1-28-20-11-7-12-21(17-20)29-14-15-30-22-13-6-5-8-18(22)16-23-24(27)26(25(31)32-23)19-9-3-2-4-10-19/h2-13,16-17H,14-15H2,1H3/b23-16-. The highest BCUT2D eigenvalue weighted by atomic mass is 32.2. The third kappa shape index (κ3) is 5.12. The SMILES string of the molecule is COc1cccc(OCCOc2ccccc2/C=C2\SC(=S)N(c3ccccc3)C2=O)c1. The van der Waals surface area contributed by atoms with Gasteiger partial charge < -0.3 is 14.2 Å². The molecule has 0 aliphatic carbocycles. The predicted octanol–water partition coefficient (Wildman–Crippen LogP) is 5.56. The van der Waals surface area contributed by atoms with Crippen LogP contribution in [0.1, 0.15) is 5.56 Å². The molecule has 0 unspecified atom stereocenters. The fourth-order valence-corrected chi connectivity index (χ4v) is 4.43. The van der Waals surface area contributed by atoms with Crippen LogP contribution in [0.15, 0.2) is 83.8 Å². The summed E-state index contributed by atoms with van der Waals surface area (Å²) in [6, 6.07) is 24.4. The summed E-state index contributed by atoms with van der Waals surface area (Å²) in [5.41, 5.74) is 1.57. The van der Waals surface area contributed by atoms with E-state index in [2.05, 4.69) is 0 Å². The van der Waals surface area contributed by atoms with Crippen LogP contribution in [0.4, 0.5) is 5.69 Å². The number of hydrogen-bond donors (Lipinski definition) is 0. The van der Waals surface area contributed by atoms with Gasteiger partial charge in [0.05, 0.1) is 17.7 Å². The number of hydrogen-bond acceptors (Lipinski definition) is 6. The van der Waals surface area contributed by atoms with Crippen LogP contribution >= 0.6 is 24.0 Å². The molecule has 3 aromatic carbocycles. The first kappa shape index (κ1) is 21.9. The summed E-state index contributed by atoms with van der Waals surface area (Å²) in [4.78, 5) is 15.1. The molecule has 4 rings (SSSR count). The van der Waals surface area contributed by atoms with E-state index in [1.807, 2.05) is 84.9 Å². The Hall–Kier alpha value is -3.29.